The van der Waals surface area contributed by atoms with Gasteiger partial charge in [-0.05, 0) is 53.3 Å². The number of hydrogen-bond acceptors (Lipinski definition) is 3. The predicted molar refractivity (Wildman–Crippen MR) is 141 cm³/mol. The molecule has 1 fully saturated rings. The minimum atomic E-state index is -1.02. The number of anilines is 1. The van der Waals surface area contributed by atoms with Gasteiger partial charge in [-0.3, -0.25) is 9.78 Å². The molecule has 0 saturated carbocycles. The van der Waals surface area contributed by atoms with Gasteiger partial charge < -0.3 is 10.6 Å². The zero-order valence-electron chi connectivity index (χ0n) is 20.6. The van der Waals surface area contributed by atoms with Crippen LogP contribution < -0.4 is 10.6 Å². The molecule has 4 nitrogen and oxygen atoms in total. The topological polar surface area (TPSA) is 54.0 Å². The molecule has 1 aliphatic rings. The maximum Gasteiger partial charge on any atom is 0.242 e. The lowest BCUT2D eigenvalue weighted by Crippen LogP contribution is -2.44. The van der Waals surface area contributed by atoms with Crippen LogP contribution in [0.4, 0.5) is 14.5 Å². The summed E-state index contributed by atoms with van der Waals surface area (Å²) in [7, 11) is 0. The average molecular weight is 532 g/mol. The second kappa shape index (κ2) is 10.1. The number of benzene rings is 2. The monoisotopic (exact) mass is 531 g/mol. The summed E-state index contributed by atoms with van der Waals surface area (Å²) in [5.74, 6) is -2.28. The third-order valence-electron chi connectivity index (χ3n) is 6.94. The van der Waals surface area contributed by atoms with Gasteiger partial charge in [-0.2, -0.15) is 0 Å². The molecular formula is C28H29Cl2F2N3O. The Morgan fingerprint density at radius 1 is 1.14 bits per heavy atom. The van der Waals surface area contributed by atoms with Crippen LogP contribution in [0.15, 0.2) is 60.9 Å². The molecule has 0 aliphatic carbocycles. The van der Waals surface area contributed by atoms with Gasteiger partial charge in [0.25, 0.3) is 0 Å². The van der Waals surface area contributed by atoms with E-state index in [9.17, 15) is 4.79 Å². The molecule has 0 spiro atoms. The zero-order chi connectivity index (χ0) is 26.3. The number of hydrogen-bond donors (Lipinski definition) is 2. The van der Waals surface area contributed by atoms with E-state index in [-0.39, 0.29) is 33.0 Å². The number of rotatable bonds is 5. The molecule has 190 valence electrons. The number of amides is 1. The Kier molecular flexibility index (Phi) is 7.42. The minimum Gasteiger partial charge on any atom is -0.323 e. The van der Waals surface area contributed by atoms with Gasteiger partial charge in [-0.1, -0.05) is 69.1 Å². The highest BCUT2D eigenvalue weighted by molar-refractivity contribution is 6.31. The van der Waals surface area contributed by atoms with Crippen molar-refractivity contribution in [2.75, 3.05) is 5.32 Å². The lowest BCUT2D eigenvalue weighted by atomic mass is 9.63. The summed E-state index contributed by atoms with van der Waals surface area (Å²) in [5.41, 5.74) is -0.0872. The highest BCUT2D eigenvalue weighted by Gasteiger charge is 2.57. The Bertz CT molecular complexity index is 1270. The normalized spacial score (nSPS) is 24.1. The molecule has 4 rings (SSSR count). The molecule has 36 heavy (non-hydrogen) atoms. The van der Waals surface area contributed by atoms with Gasteiger partial charge >= 0.3 is 0 Å². The van der Waals surface area contributed by atoms with Crippen molar-refractivity contribution >= 4 is 34.8 Å². The molecule has 4 atom stereocenters. The first-order valence-electron chi connectivity index (χ1n) is 11.8. The van der Waals surface area contributed by atoms with E-state index in [4.69, 9.17) is 23.2 Å². The standard InChI is InChI=1S/C28H29Cl2F2N3O/c1-27(2,3)14-22-28(4,19-11-10-16(29)13-21(19)31)23(18-8-5-9-20(30)24(18)32)25(35-22)26(36)34-17-7-6-12-33-15-17/h5-13,15,22-23,25,35H,14H2,1-4H3,(H,34,36)/t22-,23-,25+,28-/m0/s1. The van der Waals surface area contributed by atoms with E-state index in [2.05, 4.69) is 36.4 Å². The van der Waals surface area contributed by atoms with Crippen molar-refractivity contribution in [1.29, 1.82) is 0 Å². The molecule has 1 amide bonds. The minimum absolute atomic E-state index is 0.0582. The maximum absolute atomic E-state index is 15.6. The third-order valence-corrected chi connectivity index (χ3v) is 7.47. The van der Waals surface area contributed by atoms with E-state index in [1.165, 1.54) is 18.3 Å². The fourth-order valence-electron chi connectivity index (χ4n) is 5.36. The Morgan fingerprint density at radius 3 is 2.53 bits per heavy atom. The molecule has 0 unspecified atom stereocenters. The SMILES string of the molecule is CC(C)(C)C[C@@H]1N[C@@H](C(=O)Nc2cccnc2)[C@H](c2cccc(Cl)c2F)[C@@]1(C)c1ccc(Cl)cc1F. The van der Waals surface area contributed by atoms with Crippen LogP contribution in [0.2, 0.25) is 10.0 Å². The number of halogens is 4. The summed E-state index contributed by atoms with van der Waals surface area (Å²) in [4.78, 5) is 17.7. The molecule has 1 aliphatic heterocycles. The quantitative estimate of drug-likeness (QED) is 0.368. The second-order valence-corrected chi connectivity index (χ2v) is 11.6. The van der Waals surface area contributed by atoms with Crippen molar-refractivity contribution in [2.24, 2.45) is 5.41 Å². The first kappa shape index (κ1) is 26.5. The molecule has 8 heteroatoms. The largest absolute Gasteiger partial charge is 0.323 e. The molecule has 2 N–H and O–H groups in total. The number of carbonyl (C=O) groups excluding carboxylic acids is 1. The summed E-state index contributed by atoms with van der Waals surface area (Å²) < 4.78 is 31.1. The van der Waals surface area contributed by atoms with Crippen LogP contribution in [0.1, 0.15) is 51.2 Å². The first-order valence-corrected chi connectivity index (χ1v) is 12.5. The van der Waals surface area contributed by atoms with Crippen molar-refractivity contribution in [3.8, 4) is 0 Å². The van der Waals surface area contributed by atoms with Crippen molar-refractivity contribution in [1.82, 2.24) is 10.3 Å². The summed E-state index contributed by atoms with van der Waals surface area (Å²) in [5, 5.41) is 6.53. The van der Waals surface area contributed by atoms with Crippen molar-refractivity contribution in [3.05, 3.63) is 93.7 Å². The smallest absolute Gasteiger partial charge is 0.242 e. The van der Waals surface area contributed by atoms with E-state index in [0.29, 0.717) is 17.7 Å². The molecule has 2 aromatic carbocycles. The van der Waals surface area contributed by atoms with E-state index in [1.807, 2.05) is 6.92 Å². The fraction of sp³-hybridized carbons (Fsp3) is 0.357. The number of carbonyl (C=O) groups is 1. The van der Waals surface area contributed by atoms with Crippen molar-refractivity contribution in [3.63, 3.8) is 0 Å². The fourth-order valence-corrected chi connectivity index (χ4v) is 5.70. The number of nitrogens with zero attached hydrogens (tertiary/aromatic N) is 1. The third kappa shape index (κ3) is 5.13. The van der Waals surface area contributed by atoms with Gasteiger partial charge in [0.15, 0.2) is 0 Å². The molecule has 1 saturated heterocycles. The second-order valence-electron chi connectivity index (χ2n) is 10.7. The van der Waals surface area contributed by atoms with Gasteiger partial charge in [-0.15, -0.1) is 0 Å². The van der Waals surface area contributed by atoms with E-state index in [0.717, 1.165) is 0 Å². The van der Waals surface area contributed by atoms with Crippen LogP contribution in [0.5, 0.6) is 0 Å². The Balaban J connectivity index is 1.92. The lowest BCUT2D eigenvalue weighted by molar-refractivity contribution is -0.118. The first-order chi connectivity index (χ1) is 16.9. The van der Waals surface area contributed by atoms with Gasteiger partial charge in [0, 0.05) is 28.6 Å². The maximum atomic E-state index is 15.6. The number of nitrogens with one attached hydrogen (secondary N) is 2. The lowest BCUT2D eigenvalue weighted by Gasteiger charge is -2.40. The van der Waals surface area contributed by atoms with Crippen LogP contribution in [0, 0.1) is 17.0 Å². The number of aromatic nitrogens is 1. The summed E-state index contributed by atoms with van der Waals surface area (Å²) in [6, 6.07) is 11.4. The van der Waals surface area contributed by atoms with Gasteiger partial charge in [0.05, 0.1) is 22.9 Å². The summed E-state index contributed by atoms with van der Waals surface area (Å²) in [6.07, 6.45) is 3.74. The van der Waals surface area contributed by atoms with Crippen LogP contribution >= 0.6 is 23.2 Å². The Hall–Kier alpha value is -2.54. The van der Waals surface area contributed by atoms with Crippen LogP contribution in [-0.4, -0.2) is 23.0 Å². The van der Waals surface area contributed by atoms with Gasteiger partial charge in [0.2, 0.25) is 5.91 Å². The summed E-state index contributed by atoms with van der Waals surface area (Å²) in [6.45, 7) is 8.10. The van der Waals surface area contributed by atoms with Crippen molar-refractivity contribution < 1.29 is 13.6 Å². The van der Waals surface area contributed by atoms with Crippen LogP contribution in [-0.2, 0) is 10.2 Å². The van der Waals surface area contributed by atoms with Gasteiger partial charge in [0.1, 0.15) is 11.6 Å². The van der Waals surface area contributed by atoms with E-state index < -0.39 is 29.0 Å². The Labute approximate surface area is 220 Å². The van der Waals surface area contributed by atoms with Crippen LogP contribution in [0.25, 0.3) is 0 Å². The molecule has 0 bridgehead atoms. The highest BCUT2D eigenvalue weighted by atomic mass is 35.5. The zero-order valence-corrected chi connectivity index (χ0v) is 22.1. The van der Waals surface area contributed by atoms with Gasteiger partial charge in [-0.25, -0.2) is 8.78 Å². The van der Waals surface area contributed by atoms with Crippen LogP contribution in [0.3, 0.4) is 0 Å². The average Bonchev–Trinajstić information content (AvgIpc) is 3.07. The predicted octanol–water partition coefficient (Wildman–Crippen LogP) is 7.12. The highest BCUT2D eigenvalue weighted by Crippen LogP contribution is 2.52. The van der Waals surface area contributed by atoms with E-state index in [1.54, 1.807) is 42.6 Å². The van der Waals surface area contributed by atoms with Crippen molar-refractivity contribution in [2.45, 2.75) is 57.5 Å². The molecule has 0 radical (unpaired) electrons. The van der Waals surface area contributed by atoms with E-state index >= 15 is 8.78 Å². The summed E-state index contributed by atoms with van der Waals surface area (Å²) >= 11 is 12.3. The molecule has 2 heterocycles. The molecule has 3 aromatic rings. The molecule has 1 aromatic heterocycles. The molecular weight excluding hydrogens is 503 g/mol. The number of pyridine rings is 1. The Morgan fingerprint density at radius 2 is 1.89 bits per heavy atom.